The van der Waals surface area contributed by atoms with E-state index < -0.39 is 0 Å². The normalized spacial score (nSPS) is 19.8. The van der Waals surface area contributed by atoms with Crippen molar-refractivity contribution in [2.75, 3.05) is 13.7 Å². The standard InChI is InChI=1S/C17H26FNO/c1-4-19-16(14-12-13(2)8-9-15(14)18)17(20-3)10-6-5-7-11-17/h8-9,12,16,19H,4-7,10-11H2,1-3H3. The number of methoxy groups -OCH3 is 1. The molecule has 2 nitrogen and oxygen atoms in total. The second-order valence-electron chi connectivity index (χ2n) is 5.85. The molecule has 0 aliphatic heterocycles. The van der Waals surface area contributed by atoms with Crippen molar-refractivity contribution < 1.29 is 9.13 Å². The van der Waals surface area contributed by atoms with Gasteiger partial charge in [-0.3, -0.25) is 0 Å². The number of nitrogens with one attached hydrogen (secondary N) is 1. The maximum Gasteiger partial charge on any atom is 0.128 e. The lowest BCUT2D eigenvalue weighted by Crippen LogP contribution is -2.47. The molecule has 0 spiro atoms. The molecule has 0 heterocycles. The molecule has 1 aliphatic carbocycles. The molecule has 0 saturated heterocycles. The Bertz CT molecular complexity index is 441. The molecule has 1 atom stereocenters. The fraction of sp³-hybridized carbons (Fsp3) is 0.647. The van der Waals surface area contributed by atoms with Crippen molar-refractivity contribution in [1.29, 1.82) is 0 Å². The van der Waals surface area contributed by atoms with Crippen LogP contribution in [0.5, 0.6) is 0 Å². The molecule has 1 N–H and O–H groups in total. The molecule has 0 bridgehead atoms. The highest BCUT2D eigenvalue weighted by Crippen LogP contribution is 2.41. The fourth-order valence-electron chi connectivity index (χ4n) is 3.43. The van der Waals surface area contributed by atoms with E-state index in [-0.39, 0.29) is 17.5 Å². The molecule has 20 heavy (non-hydrogen) atoms. The zero-order valence-corrected chi connectivity index (χ0v) is 12.8. The van der Waals surface area contributed by atoms with Crippen LogP contribution in [0.3, 0.4) is 0 Å². The minimum atomic E-state index is -0.275. The quantitative estimate of drug-likeness (QED) is 0.875. The first-order valence-corrected chi connectivity index (χ1v) is 7.67. The van der Waals surface area contributed by atoms with Gasteiger partial charge in [0.25, 0.3) is 0 Å². The number of benzene rings is 1. The maximum absolute atomic E-state index is 14.3. The Balaban J connectivity index is 2.40. The highest BCUT2D eigenvalue weighted by Gasteiger charge is 2.41. The van der Waals surface area contributed by atoms with Gasteiger partial charge in [0.1, 0.15) is 5.82 Å². The van der Waals surface area contributed by atoms with Crippen LogP contribution >= 0.6 is 0 Å². The molecule has 2 rings (SSSR count). The summed E-state index contributed by atoms with van der Waals surface area (Å²) in [5.74, 6) is -0.136. The van der Waals surface area contributed by atoms with Crippen LogP contribution in [-0.4, -0.2) is 19.3 Å². The fourth-order valence-corrected chi connectivity index (χ4v) is 3.43. The highest BCUT2D eigenvalue weighted by molar-refractivity contribution is 5.29. The van der Waals surface area contributed by atoms with Crippen molar-refractivity contribution in [1.82, 2.24) is 5.32 Å². The van der Waals surface area contributed by atoms with Crippen LogP contribution in [0, 0.1) is 12.7 Å². The molecule has 1 fully saturated rings. The molecule has 1 unspecified atom stereocenters. The summed E-state index contributed by atoms with van der Waals surface area (Å²) in [5, 5.41) is 3.46. The Morgan fingerprint density at radius 1 is 1.30 bits per heavy atom. The van der Waals surface area contributed by atoms with Gasteiger partial charge < -0.3 is 10.1 Å². The van der Waals surface area contributed by atoms with Crippen LogP contribution in [0.15, 0.2) is 18.2 Å². The molecule has 0 aromatic heterocycles. The van der Waals surface area contributed by atoms with Crippen LogP contribution in [0.1, 0.15) is 56.2 Å². The van der Waals surface area contributed by atoms with Gasteiger partial charge in [-0.15, -0.1) is 0 Å². The zero-order valence-electron chi connectivity index (χ0n) is 12.8. The number of hydrogen-bond acceptors (Lipinski definition) is 2. The maximum atomic E-state index is 14.3. The van der Waals surface area contributed by atoms with E-state index in [2.05, 4.69) is 12.2 Å². The van der Waals surface area contributed by atoms with Crippen LogP contribution < -0.4 is 5.32 Å². The minimum absolute atomic E-state index is 0.0716. The third kappa shape index (κ3) is 3.04. The van der Waals surface area contributed by atoms with Crippen molar-refractivity contribution in [3.63, 3.8) is 0 Å². The average Bonchev–Trinajstić information content (AvgIpc) is 2.48. The summed E-state index contributed by atoms with van der Waals surface area (Å²) in [4.78, 5) is 0. The number of likely N-dealkylation sites (N-methyl/N-ethyl adjacent to an activating group) is 1. The lowest BCUT2D eigenvalue weighted by atomic mass is 9.76. The summed E-state index contributed by atoms with van der Waals surface area (Å²) < 4.78 is 20.2. The van der Waals surface area contributed by atoms with Crippen LogP contribution in [0.2, 0.25) is 0 Å². The third-order valence-corrected chi connectivity index (χ3v) is 4.50. The smallest absolute Gasteiger partial charge is 0.128 e. The molecule has 112 valence electrons. The largest absolute Gasteiger partial charge is 0.376 e. The van der Waals surface area contributed by atoms with Crippen molar-refractivity contribution in [2.45, 2.75) is 57.6 Å². The molecule has 1 aromatic carbocycles. The van der Waals surface area contributed by atoms with E-state index in [9.17, 15) is 4.39 Å². The van der Waals surface area contributed by atoms with E-state index in [1.54, 1.807) is 13.2 Å². The summed E-state index contributed by atoms with van der Waals surface area (Å²) in [5.41, 5.74) is 1.56. The predicted molar refractivity (Wildman–Crippen MR) is 80.4 cm³/mol. The lowest BCUT2D eigenvalue weighted by Gasteiger charge is -2.43. The zero-order chi connectivity index (χ0) is 14.6. The van der Waals surface area contributed by atoms with Gasteiger partial charge in [0.15, 0.2) is 0 Å². The Labute approximate surface area is 121 Å². The van der Waals surface area contributed by atoms with E-state index in [0.29, 0.717) is 0 Å². The van der Waals surface area contributed by atoms with Gasteiger partial charge in [0, 0.05) is 12.7 Å². The molecular formula is C17H26FNO. The minimum Gasteiger partial charge on any atom is -0.376 e. The van der Waals surface area contributed by atoms with Crippen LogP contribution in [-0.2, 0) is 4.74 Å². The van der Waals surface area contributed by atoms with E-state index in [1.165, 1.54) is 6.42 Å². The van der Waals surface area contributed by atoms with Crippen molar-refractivity contribution >= 4 is 0 Å². The van der Waals surface area contributed by atoms with Gasteiger partial charge in [-0.2, -0.15) is 0 Å². The predicted octanol–water partition coefficient (Wildman–Crippen LogP) is 4.13. The average molecular weight is 279 g/mol. The van der Waals surface area contributed by atoms with E-state index in [0.717, 1.165) is 43.4 Å². The summed E-state index contributed by atoms with van der Waals surface area (Å²) in [6, 6.07) is 5.28. The monoisotopic (exact) mass is 279 g/mol. The van der Waals surface area contributed by atoms with Crippen molar-refractivity contribution in [3.05, 3.63) is 35.1 Å². The van der Waals surface area contributed by atoms with Gasteiger partial charge >= 0.3 is 0 Å². The topological polar surface area (TPSA) is 21.3 Å². The second kappa shape index (κ2) is 6.68. The summed E-state index contributed by atoms with van der Waals surface area (Å²) in [7, 11) is 1.77. The first-order chi connectivity index (χ1) is 9.63. The SMILES string of the molecule is CCNC(c1cc(C)ccc1F)C1(OC)CCCCC1. The molecule has 1 aromatic rings. The molecule has 3 heteroatoms. The van der Waals surface area contributed by atoms with E-state index in [4.69, 9.17) is 4.74 Å². The number of aryl methyl sites for hydroxylation is 1. The number of rotatable bonds is 5. The molecule has 0 amide bonds. The lowest BCUT2D eigenvalue weighted by molar-refractivity contribution is -0.0691. The first-order valence-electron chi connectivity index (χ1n) is 7.67. The van der Waals surface area contributed by atoms with Gasteiger partial charge in [0.2, 0.25) is 0 Å². The molecule has 1 saturated carbocycles. The van der Waals surface area contributed by atoms with Crippen LogP contribution in [0.4, 0.5) is 4.39 Å². The van der Waals surface area contributed by atoms with Crippen molar-refractivity contribution in [2.24, 2.45) is 0 Å². The number of ether oxygens (including phenoxy) is 1. The molecule has 0 radical (unpaired) electrons. The Morgan fingerprint density at radius 2 is 2.00 bits per heavy atom. The van der Waals surface area contributed by atoms with E-state index >= 15 is 0 Å². The van der Waals surface area contributed by atoms with Crippen LogP contribution in [0.25, 0.3) is 0 Å². The van der Waals surface area contributed by atoms with Gasteiger partial charge in [0.05, 0.1) is 11.6 Å². The Kier molecular flexibility index (Phi) is 5.17. The molecule has 1 aliphatic rings. The highest BCUT2D eigenvalue weighted by atomic mass is 19.1. The van der Waals surface area contributed by atoms with Crippen molar-refractivity contribution in [3.8, 4) is 0 Å². The number of hydrogen-bond donors (Lipinski definition) is 1. The Hall–Kier alpha value is -0.930. The summed E-state index contributed by atoms with van der Waals surface area (Å²) in [6.07, 6.45) is 5.55. The third-order valence-electron chi connectivity index (χ3n) is 4.50. The van der Waals surface area contributed by atoms with Gasteiger partial charge in [-0.1, -0.05) is 43.9 Å². The van der Waals surface area contributed by atoms with Gasteiger partial charge in [-0.05, 0) is 32.4 Å². The van der Waals surface area contributed by atoms with Gasteiger partial charge in [-0.25, -0.2) is 4.39 Å². The summed E-state index contributed by atoms with van der Waals surface area (Å²) >= 11 is 0. The Morgan fingerprint density at radius 3 is 2.60 bits per heavy atom. The first kappa shape index (κ1) is 15.5. The second-order valence-corrected chi connectivity index (χ2v) is 5.85. The summed E-state index contributed by atoms with van der Waals surface area (Å²) in [6.45, 7) is 4.88. The van der Waals surface area contributed by atoms with E-state index in [1.807, 2.05) is 19.1 Å². The molecular weight excluding hydrogens is 253 g/mol. The number of halogens is 1.